The monoisotopic (exact) mass is 401 g/mol. The van der Waals surface area contributed by atoms with Gasteiger partial charge in [-0.15, -0.1) is 0 Å². The first-order valence-corrected chi connectivity index (χ1v) is 10.7. The van der Waals surface area contributed by atoms with E-state index in [0.29, 0.717) is 36.3 Å². The molecule has 1 heterocycles. The molecule has 2 aromatic carbocycles. The van der Waals surface area contributed by atoms with Crippen molar-refractivity contribution in [2.45, 2.75) is 25.1 Å². The fourth-order valence-electron chi connectivity index (χ4n) is 3.13. The van der Waals surface area contributed by atoms with Crippen molar-refractivity contribution in [3.05, 3.63) is 65.2 Å². The van der Waals surface area contributed by atoms with E-state index in [1.165, 1.54) is 7.05 Å². The van der Waals surface area contributed by atoms with E-state index in [9.17, 15) is 18.0 Å². The summed E-state index contributed by atoms with van der Waals surface area (Å²) >= 11 is 0. The molecule has 0 saturated carbocycles. The quantitative estimate of drug-likeness (QED) is 0.739. The minimum atomic E-state index is -3.32. The van der Waals surface area contributed by atoms with Crippen LogP contribution in [0.2, 0.25) is 0 Å². The zero-order valence-electron chi connectivity index (χ0n) is 15.6. The van der Waals surface area contributed by atoms with Gasteiger partial charge in [-0.2, -0.15) is 0 Å². The molecule has 1 fully saturated rings. The summed E-state index contributed by atoms with van der Waals surface area (Å²) in [6.45, 7) is 0.931. The molecule has 0 aliphatic carbocycles. The first-order chi connectivity index (χ1) is 13.4. The second-order valence-electron chi connectivity index (χ2n) is 6.63. The third-order valence-electron chi connectivity index (χ3n) is 4.66. The van der Waals surface area contributed by atoms with E-state index in [0.717, 1.165) is 12.0 Å². The molecule has 0 unspecified atom stereocenters. The molecule has 2 N–H and O–H groups in total. The third-order valence-corrected chi connectivity index (χ3v) is 5.99. The van der Waals surface area contributed by atoms with Crippen LogP contribution in [-0.2, 0) is 27.1 Å². The normalized spacial score (nSPS) is 14.3. The Kier molecular flexibility index (Phi) is 6.11. The van der Waals surface area contributed by atoms with Crippen LogP contribution in [0, 0.1) is 0 Å². The second kappa shape index (κ2) is 8.53. The van der Waals surface area contributed by atoms with E-state index in [-0.39, 0.29) is 17.6 Å². The average molecular weight is 401 g/mol. The second-order valence-corrected chi connectivity index (χ2v) is 8.55. The Labute approximate surface area is 164 Å². The van der Waals surface area contributed by atoms with E-state index in [1.54, 1.807) is 47.4 Å². The molecule has 0 spiro atoms. The van der Waals surface area contributed by atoms with Gasteiger partial charge >= 0.3 is 0 Å². The van der Waals surface area contributed by atoms with E-state index < -0.39 is 10.0 Å². The Balaban J connectivity index is 1.66. The summed E-state index contributed by atoms with van der Waals surface area (Å²) in [4.78, 5) is 26.3. The molecule has 8 heteroatoms. The van der Waals surface area contributed by atoms with Gasteiger partial charge in [-0.1, -0.05) is 36.4 Å². The summed E-state index contributed by atoms with van der Waals surface area (Å²) in [6.07, 6.45) is 1.30. The van der Waals surface area contributed by atoms with E-state index in [2.05, 4.69) is 10.0 Å². The van der Waals surface area contributed by atoms with Gasteiger partial charge in [0.2, 0.25) is 15.9 Å². The molecular weight excluding hydrogens is 378 g/mol. The van der Waals surface area contributed by atoms with Crippen molar-refractivity contribution in [2.24, 2.45) is 0 Å². The number of carbonyl (C=O) groups is 2. The van der Waals surface area contributed by atoms with Gasteiger partial charge in [0.05, 0.1) is 17.0 Å². The van der Waals surface area contributed by atoms with Gasteiger partial charge in [-0.25, -0.2) is 13.1 Å². The molecule has 3 rings (SSSR count). The maximum atomic E-state index is 12.7. The highest BCUT2D eigenvalue weighted by Gasteiger charge is 2.25. The topological polar surface area (TPSA) is 95.6 Å². The Hall–Kier alpha value is -2.71. The van der Waals surface area contributed by atoms with Crippen LogP contribution in [-0.4, -0.2) is 33.8 Å². The van der Waals surface area contributed by atoms with Crippen LogP contribution in [0.3, 0.4) is 0 Å². The van der Waals surface area contributed by atoms with Crippen LogP contribution < -0.4 is 14.9 Å². The number of benzene rings is 2. The lowest BCUT2D eigenvalue weighted by molar-refractivity contribution is -0.117. The summed E-state index contributed by atoms with van der Waals surface area (Å²) in [7, 11) is -1.93. The number of rotatable bonds is 7. The number of sulfonamides is 1. The number of nitrogens with one attached hydrogen (secondary N) is 2. The number of hydrogen-bond acceptors (Lipinski definition) is 4. The van der Waals surface area contributed by atoms with Gasteiger partial charge in [0, 0.05) is 19.5 Å². The summed E-state index contributed by atoms with van der Waals surface area (Å²) < 4.78 is 25.5. The molecule has 2 amide bonds. The fourth-order valence-corrected chi connectivity index (χ4v) is 3.90. The number of amides is 2. The molecule has 0 atom stereocenters. The van der Waals surface area contributed by atoms with E-state index in [1.807, 2.05) is 6.07 Å². The third kappa shape index (κ3) is 4.76. The van der Waals surface area contributed by atoms with Gasteiger partial charge in [0.25, 0.3) is 5.91 Å². The maximum Gasteiger partial charge on any atom is 0.253 e. The van der Waals surface area contributed by atoms with E-state index >= 15 is 0 Å². The molecule has 0 radical (unpaired) electrons. The molecule has 148 valence electrons. The molecule has 1 aliphatic heterocycles. The Morgan fingerprint density at radius 2 is 1.75 bits per heavy atom. The van der Waals surface area contributed by atoms with Crippen LogP contribution in [0.4, 0.5) is 5.69 Å². The average Bonchev–Trinajstić information content (AvgIpc) is 3.12. The number of carbonyl (C=O) groups excluding carboxylic acids is 2. The maximum absolute atomic E-state index is 12.7. The number of hydrogen-bond donors (Lipinski definition) is 2. The predicted molar refractivity (Wildman–Crippen MR) is 107 cm³/mol. The van der Waals surface area contributed by atoms with Crippen molar-refractivity contribution in [3.63, 3.8) is 0 Å². The predicted octanol–water partition coefficient (Wildman–Crippen LogP) is 1.79. The molecule has 2 aromatic rings. The van der Waals surface area contributed by atoms with Crippen LogP contribution >= 0.6 is 0 Å². The highest BCUT2D eigenvalue weighted by Crippen LogP contribution is 2.25. The van der Waals surface area contributed by atoms with Crippen molar-refractivity contribution < 1.29 is 18.0 Å². The zero-order valence-corrected chi connectivity index (χ0v) is 16.5. The Morgan fingerprint density at radius 3 is 2.39 bits per heavy atom. The molecule has 1 saturated heterocycles. The number of para-hydroxylation sites is 1. The summed E-state index contributed by atoms with van der Waals surface area (Å²) in [5.74, 6) is -0.308. The van der Waals surface area contributed by atoms with Crippen LogP contribution in [0.15, 0.2) is 48.5 Å². The molecular formula is C20H23N3O4S. The summed E-state index contributed by atoms with van der Waals surface area (Å²) in [6, 6.07) is 14.1. The molecule has 0 aromatic heterocycles. The molecule has 1 aliphatic rings. The lowest BCUT2D eigenvalue weighted by Gasteiger charge is -2.19. The van der Waals surface area contributed by atoms with Gasteiger partial charge < -0.3 is 10.2 Å². The standard InChI is InChI=1S/C20H23N3O4S/c1-21-28(26,27)14-16-10-8-15(9-11-16)13-22-20(25)17-5-2-3-6-18(17)23-12-4-7-19(23)24/h2-3,5-6,8-11,21H,4,7,12-14H2,1H3,(H,22,25). The van der Waals surface area contributed by atoms with Crippen molar-refractivity contribution >= 4 is 27.5 Å². The zero-order chi connectivity index (χ0) is 20.1. The minimum absolute atomic E-state index is 0.0346. The first-order valence-electron chi connectivity index (χ1n) is 9.06. The van der Waals surface area contributed by atoms with Crippen LogP contribution in [0.1, 0.15) is 34.3 Å². The largest absolute Gasteiger partial charge is 0.348 e. The molecule has 0 bridgehead atoms. The smallest absolute Gasteiger partial charge is 0.253 e. The van der Waals surface area contributed by atoms with Crippen LogP contribution in [0.5, 0.6) is 0 Å². The van der Waals surface area contributed by atoms with Gasteiger partial charge in [-0.3, -0.25) is 9.59 Å². The van der Waals surface area contributed by atoms with Crippen LogP contribution in [0.25, 0.3) is 0 Å². The first kappa shape index (κ1) is 20.0. The molecule has 7 nitrogen and oxygen atoms in total. The highest BCUT2D eigenvalue weighted by atomic mass is 32.2. The SMILES string of the molecule is CNS(=O)(=O)Cc1ccc(CNC(=O)c2ccccc2N2CCCC2=O)cc1. The lowest BCUT2D eigenvalue weighted by Crippen LogP contribution is -2.29. The number of anilines is 1. The van der Waals surface area contributed by atoms with Crippen molar-refractivity contribution in [2.75, 3.05) is 18.5 Å². The van der Waals surface area contributed by atoms with Crippen molar-refractivity contribution in [1.29, 1.82) is 0 Å². The highest BCUT2D eigenvalue weighted by molar-refractivity contribution is 7.88. The Bertz CT molecular complexity index is 971. The van der Waals surface area contributed by atoms with Gasteiger partial charge in [0.1, 0.15) is 0 Å². The Morgan fingerprint density at radius 1 is 1.07 bits per heavy atom. The van der Waals surface area contributed by atoms with E-state index in [4.69, 9.17) is 0 Å². The van der Waals surface area contributed by atoms with Gasteiger partial charge in [-0.05, 0) is 36.7 Å². The van der Waals surface area contributed by atoms with Gasteiger partial charge in [0.15, 0.2) is 0 Å². The molecule has 28 heavy (non-hydrogen) atoms. The summed E-state index contributed by atoms with van der Waals surface area (Å²) in [5.41, 5.74) is 2.63. The number of nitrogens with zero attached hydrogens (tertiary/aromatic N) is 1. The lowest BCUT2D eigenvalue weighted by atomic mass is 10.1. The summed E-state index contributed by atoms with van der Waals surface area (Å²) in [5, 5.41) is 2.87. The van der Waals surface area contributed by atoms with Crippen molar-refractivity contribution in [3.8, 4) is 0 Å². The fraction of sp³-hybridized carbons (Fsp3) is 0.300. The minimum Gasteiger partial charge on any atom is -0.348 e. The van der Waals surface area contributed by atoms with Crippen molar-refractivity contribution in [1.82, 2.24) is 10.0 Å².